The van der Waals surface area contributed by atoms with Gasteiger partial charge in [-0.15, -0.1) is 11.3 Å². The number of aryl methyl sites for hydroxylation is 1. The van der Waals surface area contributed by atoms with Gasteiger partial charge in [-0.2, -0.15) is 17.5 Å². The predicted octanol–water partition coefficient (Wildman–Crippen LogP) is 2.07. The van der Waals surface area contributed by atoms with Gasteiger partial charge in [-0.3, -0.25) is 0 Å². The number of aromatic nitrogens is 1. The van der Waals surface area contributed by atoms with Crippen molar-refractivity contribution in [1.29, 1.82) is 0 Å². The fraction of sp³-hybridized carbons (Fsp3) is 0.733. The standard InChI is InChI=1S/C15H24F3N5O2S2/c1-3-19-14(22-10-13-20-8-11(2)26-13)21-9-12-4-6-23(7-5-12)27(24,25)15(16,17)18/h8,12H,3-7,9-10H2,1-2H3,(H2,19,21,22). The molecule has 2 rings (SSSR count). The number of guanidine groups is 1. The molecule has 0 saturated carbocycles. The average Bonchev–Trinajstić information content (AvgIpc) is 3.02. The second kappa shape index (κ2) is 9.20. The van der Waals surface area contributed by atoms with Crippen LogP contribution in [0.25, 0.3) is 0 Å². The van der Waals surface area contributed by atoms with Gasteiger partial charge in [-0.25, -0.2) is 18.4 Å². The molecular weight excluding hydrogens is 403 g/mol. The van der Waals surface area contributed by atoms with Crippen LogP contribution in [-0.2, 0) is 16.6 Å². The van der Waals surface area contributed by atoms with Crippen molar-refractivity contribution in [2.75, 3.05) is 26.2 Å². The Morgan fingerprint density at radius 1 is 1.37 bits per heavy atom. The van der Waals surface area contributed by atoms with E-state index < -0.39 is 15.5 Å². The molecular formula is C15H24F3N5O2S2. The third-order valence-electron chi connectivity index (χ3n) is 4.15. The maximum Gasteiger partial charge on any atom is 0.511 e. The van der Waals surface area contributed by atoms with Crippen LogP contribution in [0.4, 0.5) is 13.2 Å². The quantitative estimate of drug-likeness (QED) is 0.536. The lowest BCUT2D eigenvalue weighted by Gasteiger charge is -2.31. The van der Waals surface area contributed by atoms with Gasteiger partial charge in [0.1, 0.15) is 5.01 Å². The predicted molar refractivity (Wildman–Crippen MR) is 98.9 cm³/mol. The number of alkyl halides is 3. The molecule has 1 aromatic heterocycles. The van der Waals surface area contributed by atoms with Crippen LogP contribution in [0, 0.1) is 12.8 Å². The summed E-state index contributed by atoms with van der Waals surface area (Å²) in [5.41, 5.74) is -5.24. The minimum absolute atomic E-state index is 0.0793. The van der Waals surface area contributed by atoms with Crippen molar-refractivity contribution in [2.45, 2.75) is 38.7 Å². The van der Waals surface area contributed by atoms with E-state index in [9.17, 15) is 21.6 Å². The van der Waals surface area contributed by atoms with Gasteiger partial charge < -0.3 is 10.6 Å². The Hall–Kier alpha value is -1.40. The summed E-state index contributed by atoms with van der Waals surface area (Å²) in [5.74, 6) is 0.686. The highest BCUT2D eigenvalue weighted by Gasteiger charge is 2.50. The second-order valence-electron chi connectivity index (χ2n) is 6.23. The summed E-state index contributed by atoms with van der Waals surface area (Å²) in [4.78, 5) is 9.82. The van der Waals surface area contributed by atoms with Gasteiger partial charge in [0.15, 0.2) is 5.96 Å². The zero-order valence-corrected chi connectivity index (χ0v) is 16.8. The van der Waals surface area contributed by atoms with Crippen LogP contribution < -0.4 is 10.6 Å². The SMILES string of the molecule is CCNC(=NCc1ncc(C)s1)NCC1CCN(S(=O)(=O)C(F)(F)F)CC1. The summed E-state index contributed by atoms with van der Waals surface area (Å²) in [6, 6.07) is 0. The number of rotatable bonds is 6. The molecule has 2 heterocycles. The molecule has 154 valence electrons. The minimum Gasteiger partial charge on any atom is -0.357 e. The third kappa shape index (κ3) is 6.04. The maximum atomic E-state index is 12.6. The van der Waals surface area contributed by atoms with Gasteiger partial charge >= 0.3 is 15.5 Å². The van der Waals surface area contributed by atoms with Gasteiger partial charge in [-0.05, 0) is 32.6 Å². The first-order chi connectivity index (χ1) is 12.6. The number of halogens is 3. The molecule has 0 spiro atoms. The first kappa shape index (κ1) is 21.9. The van der Waals surface area contributed by atoms with Crippen molar-refractivity contribution in [3.63, 3.8) is 0 Å². The van der Waals surface area contributed by atoms with Crippen molar-refractivity contribution >= 4 is 27.3 Å². The van der Waals surface area contributed by atoms with Gasteiger partial charge in [0, 0.05) is 37.3 Å². The van der Waals surface area contributed by atoms with Crippen molar-refractivity contribution in [3.8, 4) is 0 Å². The highest BCUT2D eigenvalue weighted by Crippen LogP contribution is 2.30. The van der Waals surface area contributed by atoms with Gasteiger partial charge in [0.25, 0.3) is 0 Å². The number of nitrogens with zero attached hydrogens (tertiary/aromatic N) is 3. The number of hydrogen-bond acceptors (Lipinski definition) is 5. The van der Waals surface area contributed by atoms with Crippen LogP contribution in [0.5, 0.6) is 0 Å². The molecule has 0 radical (unpaired) electrons. The normalized spacial score (nSPS) is 17.9. The molecule has 0 aliphatic carbocycles. The first-order valence-electron chi connectivity index (χ1n) is 8.63. The monoisotopic (exact) mass is 427 g/mol. The lowest BCUT2D eigenvalue weighted by molar-refractivity contribution is -0.0496. The molecule has 27 heavy (non-hydrogen) atoms. The Balaban J connectivity index is 1.84. The highest BCUT2D eigenvalue weighted by atomic mass is 32.2. The van der Waals surface area contributed by atoms with Crippen LogP contribution in [0.2, 0.25) is 0 Å². The molecule has 0 bridgehead atoms. The minimum atomic E-state index is -5.24. The van der Waals surface area contributed by atoms with E-state index in [0.29, 0.717) is 42.7 Å². The Morgan fingerprint density at radius 2 is 2.04 bits per heavy atom. The molecule has 1 aliphatic rings. The number of thiazole rings is 1. The van der Waals surface area contributed by atoms with Crippen molar-refractivity contribution in [3.05, 3.63) is 16.1 Å². The number of aliphatic imine (C=N–C) groups is 1. The van der Waals surface area contributed by atoms with E-state index in [2.05, 4.69) is 20.6 Å². The van der Waals surface area contributed by atoms with Gasteiger partial charge in [-0.1, -0.05) is 0 Å². The van der Waals surface area contributed by atoms with Crippen LogP contribution in [0.15, 0.2) is 11.2 Å². The number of sulfonamides is 1. The Labute approximate surface area is 161 Å². The number of hydrogen-bond donors (Lipinski definition) is 2. The zero-order chi connectivity index (χ0) is 20.1. The van der Waals surface area contributed by atoms with E-state index in [4.69, 9.17) is 0 Å². The first-order valence-corrected chi connectivity index (χ1v) is 10.9. The lowest BCUT2D eigenvalue weighted by atomic mass is 9.98. The molecule has 1 fully saturated rings. The third-order valence-corrected chi connectivity index (χ3v) is 6.68. The fourth-order valence-electron chi connectivity index (χ4n) is 2.70. The molecule has 2 N–H and O–H groups in total. The van der Waals surface area contributed by atoms with E-state index in [-0.39, 0.29) is 19.0 Å². The number of nitrogens with one attached hydrogen (secondary N) is 2. The summed E-state index contributed by atoms with van der Waals surface area (Å²) in [6.45, 7) is 5.29. The van der Waals surface area contributed by atoms with Crippen LogP contribution in [0.3, 0.4) is 0 Å². The molecule has 12 heteroatoms. The van der Waals surface area contributed by atoms with E-state index in [1.54, 1.807) is 17.5 Å². The van der Waals surface area contributed by atoms with Crippen LogP contribution in [-0.4, -0.2) is 55.4 Å². The number of piperidine rings is 1. The largest absolute Gasteiger partial charge is 0.511 e. The van der Waals surface area contributed by atoms with E-state index in [1.807, 2.05) is 13.8 Å². The molecule has 1 aromatic rings. The molecule has 1 aliphatic heterocycles. The van der Waals surface area contributed by atoms with Crippen LogP contribution in [0.1, 0.15) is 29.7 Å². The summed E-state index contributed by atoms with van der Waals surface area (Å²) in [5, 5.41) is 7.19. The van der Waals surface area contributed by atoms with Crippen molar-refractivity contribution < 1.29 is 21.6 Å². The summed E-state index contributed by atoms with van der Waals surface area (Å²) in [6.07, 6.45) is 2.53. The van der Waals surface area contributed by atoms with Gasteiger partial charge in [0.05, 0.1) is 6.54 Å². The highest BCUT2D eigenvalue weighted by molar-refractivity contribution is 7.90. The summed E-state index contributed by atoms with van der Waals surface area (Å²) >= 11 is 1.57. The second-order valence-corrected chi connectivity index (χ2v) is 9.48. The lowest BCUT2D eigenvalue weighted by Crippen LogP contribution is -2.47. The maximum absolute atomic E-state index is 12.6. The van der Waals surface area contributed by atoms with Crippen LogP contribution >= 0.6 is 11.3 Å². The summed E-state index contributed by atoms with van der Waals surface area (Å²) < 4.78 is 61.2. The van der Waals surface area contributed by atoms with E-state index in [0.717, 1.165) is 9.88 Å². The fourth-order valence-corrected chi connectivity index (χ4v) is 4.40. The molecule has 0 atom stereocenters. The van der Waals surface area contributed by atoms with E-state index in [1.165, 1.54) is 0 Å². The van der Waals surface area contributed by atoms with Crippen molar-refractivity contribution in [1.82, 2.24) is 19.9 Å². The molecule has 0 aromatic carbocycles. The van der Waals surface area contributed by atoms with Gasteiger partial charge in [0.2, 0.25) is 0 Å². The molecule has 1 saturated heterocycles. The smallest absolute Gasteiger partial charge is 0.357 e. The zero-order valence-electron chi connectivity index (χ0n) is 15.2. The summed E-state index contributed by atoms with van der Waals surface area (Å²) in [7, 11) is -5.23. The molecule has 7 nitrogen and oxygen atoms in total. The average molecular weight is 428 g/mol. The van der Waals surface area contributed by atoms with E-state index >= 15 is 0 Å². The Morgan fingerprint density at radius 3 is 2.56 bits per heavy atom. The molecule has 0 unspecified atom stereocenters. The van der Waals surface area contributed by atoms with Crippen molar-refractivity contribution in [2.24, 2.45) is 10.9 Å². The Kier molecular flexibility index (Phi) is 7.46. The Bertz CT molecular complexity index is 741. The molecule has 0 amide bonds. The topological polar surface area (TPSA) is 86.7 Å².